The number of carbonyl (C=O) groups excluding carboxylic acids is 2. The average molecular weight is 374 g/mol. The highest BCUT2D eigenvalue weighted by Crippen LogP contribution is 2.30. The van der Waals surface area contributed by atoms with E-state index in [1.54, 1.807) is 14.2 Å². The van der Waals surface area contributed by atoms with Gasteiger partial charge in [-0.1, -0.05) is 6.07 Å². The van der Waals surface area contributed by atoms with Gasteiger partial charge in [0, 0.05) is 6.54 Å². The van der Waals surface area contributed by atoms with E-state index in [4.69, 9.17) is 9.47 Å². The maximum Gasteiger partial charge on any atom is 0.247 e. The fraction of sp³-hybridized carbons (Fsp3) is 0.619. The quantitative estimate of drug-likeness (QED) is 0.687. The van der Waals surface area contributed by atoms with Gasteiger partial charge in [0.2, 0.25) is 11.8 Å². The second-order valence-corrected chi connectivity index (χ2v) is 7.40. The Balaban J connectivity index is 1.49. The largest absolute Gasteiger partial charge is 0.493 e. The van der Waals surface area contributed by atoms with Crippen LogP contribution in [0.4, 0.5) is 0 Å². The predicted octanol–water partition coefficient (Wildman–Crippen LogP) is 2.50. The number of hydrogen-bond acceptors (Lipinski definition) is 5. The van der Waals surface area contributed by atoms with E-state index in [1.807, 2.05) is 13.0 Å². The van der Waals surface area contributed by atoms with Gasteiger partial charge in [-0.2, -0.15) is 0 Å². The molecule has 1 aromatic carbocycles. The highest BCUT2D eigenvalue weighted by Gasteiger charge is 2.41. The van der Waals surface area contributed by atoms with E-state index in [-0.39, 0.29) is 17.9 Å². The van der Waals surface area contributed by atoms with E-state index >= 15 is 0 Å². The fourth-order valence-corrected chi connectivity index (χ4v) is 4.24. The normalized spacial score (nSPS) is 21.7. The summed E-state index contributed by atoms with van der Waals surface area (Å²) in [4.78, 5) is 28.0. The molecule has 0 aromatic heterocycles. The molecule has 2 heterocycles. The first-order valence-corrected chi connectivity index (χ1v) is 9.86. The highest BCUT2D eigenvalue weighted by molar-refractivity contribution is 6.05. The van der Waals surface area contributed by atoms with Crippen LogP contribution >= 0.6 is 0 Å². The molecular formula is C21H30N2O4. The van der Waals surface area contributed by atoms with Crippen molar-refractivity contribution >= 4 is 11.8 Å². The molecule has 2 aliphatic heterocycles. The van der Waals surface area contributed by atoms with Gasteiger partial charge in [-0.3, -0.25) is 19.4 Å². The van der Waals surface area contributed by atoms with E-state index in [2.05, 4.69) is 17.0 Å². The van der Waals surface area contributed by atoms with Crippen LogP contribution in [0.25, 0.3) is 0 Å². The number of hydrogen-bond donors (Lipinski definition) is 0. The number of imide groups is 1. The topological polar surface area (TPSA) is 59.1 Å². The van der Waals surface area contributed by atoms with E-state index < -0.39 is 0 Å². The lowest BCUT2D eigenvalue weighted by Gasteiger charge is -2.34. The molecule has 1 unspecified atom stereocenters. The van der Waals surface area contributed by atoms with Gasteiger partial charge in [-0.25, -0.2) is 0 Å². The van der Waals surface area contributed by atoms with Gasteiger partial charge < -0.3 is 9.47 Å². The number of methoxy groups -OCH3 is 2. The van der Waals surface area contributed by atoms with Gasteiger partial charge in [0.1, 0.15) is 0 Å². The van der Waals surface area contributed by atoms with Crippen molar-refractivity contribution in [1.29, 1.82) is 0 Å². The summed E-state index contributed by atoms with van der Waals surface area (Å²) in [5.41, 5.74) is 1.25. The molecule has 0 bridgehead atoms. The zero-order valence-electron chi connectivity index (χ0n) is 16.6. The first kappa shape index (κ1) is 19.7. The van der Waals surface area contributed by atoms with Crippen LogP contribution in [-0.2, 0) is 16.0 Å². The van der Waals surface area contributed by atoms with E-state index in [9.17, 15) is 9.59 Å². The van der Waals surface area contributed by atoms with Gasteiger partial charge in [-0.15, -0.1) is 0 Å². The number of nitrogens with zero attached hydrogens (tertiary/aromatic N) is 2. The molecule has 3 rings (SSSR count). The summed E-state index contributed by atoms with van der Waals surface area (Å²) in [6.45, 7) is 4.14. The summed E-state index contributed by atoms with van der Waals surface area (Å²) < 4.78 is 10.7. The number of piperidine rings is 1. The molecule has 0 radical (unpaired) electrons. The molecular weight excluding hydrogens is 344 g/mol. The van der Waals surface area contributed by atoms with Crippen molar-refractivity contribution in [1.82, 2.24) is 9.80 Å². The monoisotopic (exact) mass is 374 g/mol. The number of likely N-dealkylation sites (tertiary alicyclic amines) is 2. The highest BCUT2D eigenvalue weighted by atomic mass is 16.5. The standard InChI is InChI=1S/C21H30N2O4/c1-4-23-20(24)14-17(21(23)25)22-11-9-15(10-12-22)5-6-16-7-8-18(26-2)19(13-16)27-3/h7-8,13,15,17H,4-6,9-12,14H2,1-3H3. The molecule has 148 valence electrons. The molecule has 2 fully saturated rings. The van der Waals surface area contributed by atoms with E-state index in [0.29, 0.717) is 18.9 Å². The number of rotatable bonds is 7. The van der Waals surface area contributed by atoms with Crippen molar-refractivity contribution in [3.8, 4) is 11.5 Å². The summed E-state index contributed by atoms with van der Waals surface area (Å²) >= 11 is 0. The second kappa shape index (κ2) is 8.74. The molecule has 6 heteroatoms. The number of ether oxygens (including phenoxy) is 2. The van der Waals surface area contributed by atoms with E-state index in [0.717, 1.165) is 50.3 Å². The van der Waals surface area contributed by atoms with Gasteiger partial charge in [0.25, 0.3) is 0 Å². The van der Waals surface area contributed by atoms with E-state index in [1.165, 1.54) is 10.5 Å². The van der Waals surface area contributed by atoms with Crippen molar-refractivity contribution in [2.45, 2.75) is 45.1 Å². The molecule has 27 heavy (non-hydrogen) atoms. The molecule has 0 spiro atoms. The number of aryl methyl sites for hydroxylation is 1. The SMILES string of the molecule is CCN1C(=O)CC(N2CCC(CCc3ccc(OC)c(OC)c3)CC2)C1=O. The third kappa shape index (κ3) is 4.26. The van der Waals surface area contributed by atoms with Crippen LogP contribution in [0.2, 0.25) is 0 Å². The Labute approximate surface area is 161 Å². The van der Waals surface area contributed by atoms with Gasteiger partial charge in [-0.05, 0) is 69.3 Å². The molecule has 0 saturated carbocycles. The smallest absolute Gasteiger partial charge is 0.247 e. The van der Waals surface area contributed by atoms with Crippen LogP contribution < -0.4 is 9.47 Å². The summed E-state index contributed by atoms with van der Waals surface area (Å²) in [7, 11) is 3.31. The summed E-state index contributed by atoms with van der Waals surface area (Å²) in [5.74, 6) is 2.15. The third-order valence-electron chi connectivity index (χ3n) is 5.92. The Morgan fingerprint density at radius 2 is 1.78 bits per heavy atom. The Morgan fingerprint density at radius 3 is 2.37 bits per heavy atom. The molecule has 2 aliphatic rings. The number of amides is 2. The first-order valence-electron chi connectivity index (χ1n) is 9.86. The lowest BCUT2D eigenvalue weighted by molar-refractivity contribution is -0.139. The predicted molar refractivity (Wildman–Crippen MR) is 103 cm³/mol. The van der Waals surface area contributed by atoms with Crippen LogP contribution in [-0.4, -0.2) is 61.5 Å². The minimum absolute atomic E-state index is 0.00808. The minimum Gasteiger partial charge on any atom is -0.493 e. The Kier molecular flexibility index (Phi) is 6.37. The Bertz CT molecular complexity index is 683. The van der Waals surface area contributed by atoms with Crippen molar-refractivity contribution in [2.24, 2.45) is 5.92 Å². The number of likely N-dealkylation sites (N-methyl/N-ethyl adjacent to an activating group) is 1. The zero-order chi connectivity index (χ0) is 19.4. The number of benzene rings is 1. The van der Waals surface area contributed by atoms with Crippen LogP contribution in [0.15, 0.2) is 18.2 Å². The van der Waals surface area contributed by atoms with Crippen LogP contribution in [0.5, 0.6) is 11.5 Å². The van der Waals surface area contributed by atoms with Crippen LogP contribution in [0.3, 0.4) is 0 Å². The maximum absolute atomic E-state index is 12.4. The third-order valence-corrected chi connectivity index (χ3v) is 5.92. The Hall–Kier alpha value is -2.08. The van der Waals surface area contributed by atoms with Gasteiger partial charge in [0.15, 0.2) is 11.5 Å². The van der Waals surface area contributed by atoms with Crippen molar-refractivity contribution in [3.05, 3.63) is 23.8 Å². The lowest BCUT2D eigenvalue weighted by atomic mass is 9.89. The first-order chi connectivity index (χ1) is 13.1. The number of carbonyl (C=O) groups is 2. The van der Waals surface area contributed by atoms with Crippen molar-refractivity contribution in [2.75, 3.05) is 33.9 Å². The second-order valence-electron chi connectivity index (χ2n) is 7.40. The molecule has 0 N–H and O–H groups in total. The van der Waals surface area contributed by atoms with Crippen LogP contribution in [0, 0.1) is 5.92 Å². The molecule has 0 aliphatic carbocycles. The summed E-state index contributed by atoms with van der Waals surface area (Å²) in [6.07, 6.45) is 4.65. The van der Waals surface area contributed by atoms with Crippen molar-refractivity contribution < 1.29 is 19.1 Å². The fourth-order valence-electron chi connectivity index (χ4n) is 4.24. The Morgan fingerprint density at radius 1 is 1.07 bits per heavy atom. The average Bonchev–Trinajstić information content (AvgIpc) is 2.99. The molecule has 2 amide bonds. The van der Waals surface area contributed by atoms with Crippen molar-refractivity contribution in [3.63, 3.8) is 0 Å². The zero-order valence-corrected chi connectivity index (χ0v) is 16.6. The van der Waals surface area contributed by atoms with Gasteiger partial charge >= 0.3 is 0 Å². The summed E-state index contributed by atoms with van der Waals surface area (Å²) in [5, 5.41) is 0. The maximum atomic E-state index is 12.4. The van der Waals surface area contributed by atoms with Crippen LogP contribution in [0.1, 0.15) is 38.2 Å². The molecule has 2 saturated heterocycles. The summed E-state index contributed by atoms with van der Waals surface area (Å²) in [6, 6.07) is 5.87. The minimum atomic E-state index is -0.232. The lowest BCUT2D eigenvalue weighted by Crippen LogP contribution is -2.45. The molecule has 6 nitrogen and oxygen atoms in total. The van der Waals surface area contributed by atoms with Gasteiger partial charge in [0.05, 0.1) is 26.7 Å². The molecule has 1 aromatic rings. The molecule has 1 atom stereocenters.